The first-order valence-corrected chi connectivity index (χ1v) is 8.83. The zero-order valence-corrected chi connectivity index (χ0v) is 15.3. The highest BCUT2D eigenvalue weighted by molar-refractivity contribution is 6.31. The number of nitrogens with zero attached hydrogens (tertiary/aromatic N) is 3. The van der Waals surface area contributed by atoms with Gasteiger partial charge in [0.1, 0.15) is 0 Å². The van der Waals surface area contributed by atoms with Crippen molar-refractivity contribution in [2.24, 2.45) is 0 Å². The van der Waals surface area contributed by atoms with Gasteiger partial charge in [-0.15, -0.1) is 0 Å². The van der Waals surface area contributed by atoms with Gasteiger partial charge in [-0.1, -0.05) is 35.9 Å². The van der Waals surface area contributed by atoms with Gasteiger partial charge in [-0.25, -0.2) is 0 Å². The number of rotatable bonds is 4. The van der Waals surface area contributed by atoms with Gasteiger partial charge in [-0.3, -0.25) is 19.8 Å². The van der Waals surface area contributed by atoms with Crippen LogP contribution in [0.15, 0.2) is 42.5 Å². The lowest BCUT2D eigenvalue weighted by Crippen LogP contribution is -2.48. The van der Waals surface area contributed by atoms with Gasteiger partial charge in [0.05, 0.1) is 4.92 Å². The molecule has 2 aromatic rings. The van der Waals surface area contributed by atoms with Gasteiger partial charge < -0.3 is 4.90 Å². The number of hydrogen-bond acceptors (Lipinski definition) is 4. The average molecular weight is 374 g/mol. The highest BCUT2D eigenvalue weighted by Crippen LogP contribution is 2.21. The first-order valence-electron chi connectivity index (χ1n) is 8.46. The molecule has 1 amide bonds. The van der Waals surface area contributed by atoms with Crippen LogP contribution >= 0.6 is 11.6 Å². The summed E-state index contributed by atoms with van der Waals surface area (Å²) in [5.74, 6) is -0.162. The number of hydrogen-bond donors (Lipinski definition) is 0. The maximum Gasteiger partial charge on any atom is 0.273 e. The van der Waals surface area contributed by atoms with Gasteiger partial charge in [0.15, 0.2) is 0 Å². The van der Waals surface area contributed by atoms with Gasteiger partial charge >= 0.3 is 0 Å². The average Bonchev–Trinajstić information content (AvgIpc) is 2.64. The third-order valence-electron chi connectivity index (χ3n) is 4.66. The largest absolute Gasteiger partial charge is 0.336 e. The Bertz CT molecular complexity index is 833. The van der Waals surface area contributed by atoms with E-state index >= 15 is 0 Å². The Morgan fingerprint density at radius 2 is 1.85 bits per heavy atom. The molecule has 26 heavy (non-hydrogen) atoms. The van der Waals surface area contributed by atoms with E-state index in [2.05, 4.69) is 4.90 Å². The van der Waals surface area contributed by atoms with Crippen molar-refractivity contribution in [1.29, 1.82) is 0 Å². The number of piperazine rings is 1. The second-order valence-corrected chi connectivity index (χ2v) is 6.83. The van der Waals surface area contributed by atoms with Gasteiger partial charge in [-0.05, 0) is 24.6 Å². The molecule has 0 aromatic heterocycles. The minimum atomic E-state index is -0.451. The van der Waals surface area contributed by atoms with Gasteiger partial charge in [0, 0.05) is 54.9 Å². The topological polar surface area (TPSA) is 66.7 Å². The number of halogens is 1. The molecule has 0 spiro atoms. The summed E-state index contributed by atoms with van der Waals surface area (Å²) in [5, 5.41) is 11.8. The lowest BCUT2D eigenvalue weighted by atomic mass is 10.1. The normalized spacial score (nSPS) is 15.1. The Balaban J connectivity index is 1.63. The second kappa shape index (κ2) is 7.85. The van der Waals surface area contributed by atoms with E-state index in [0.717, 1.165) is 30.2 Å². The SMILES string of the molecule is Cc1ccc(C(=O)N2CCN(Cc3ccccc3Cl)CC2)cc1[N+](=O)[O-]. The van der Waals surface area contributed by atoms with Crippen molar-refractivity contribution < 1.29 is 9.72 Å². The Morgan fingerprint density at radius 3 is 2.50 bits per heavy atom. The number of aryl methyl sites for hydroxylation is 1. The zero-order chi connectivity index (χ0) is 18.7. The predicted molar refractivity (Wildman–Crippen MR) is 100 cm³/mol. The summed E-state index contributed by atoms with van der Waals surface area (Å²) in [4.78, 5) is 27.3. The Labute approximate surface area is 157 Å². The summed E-state index contributed by atoms with van der Waals surface area (Å²) in [6.07, 6.45) is 0. The number of benzene rings is 2. The third kappa shape index (κ3) is 4.03. The summed E-state index contributed by atoms with van der Waals surface area (Å²) in [5.41, 5.74) is 1.97. The van der Waals surface area contributed by atoms with Gasteiger partial charge in [0.2, 0.25) is 0 Å². The molecule has 0 saturated carbocycles. The van der Waals surface area contributed by atoms with E-state index in [1.54, 1.807) is 24.0 Å². The van der Waals surface area contributed by atoms with E-state index in [9.17, 15) is 14.9 Å². The molecule has 0 bridgehead atoms. The van der Waals surface area contributed by atoms with Gasteiger partial charge in [-0.2, -0.15) is 0 Å². The number of amides is 1. The molecule has 0 aliphatic carbocycles. The summed E-state index contributed by atoms with van der Waals surface area (Å²) in [6, 6.07) is 12.4. The molecular formula is C19H20ClN3O3. The van der Waals surface area contributed by atoms with Crippen LogP contribution in [-0.4, -0.2) is 46.8 Å². The third-order valence-corrected chi connectivity index (χ3v) is 5.03. The van der Waals surface area contributed by atoms with Crippen LogP contribution in [0, 0.1) is 17.0 Å². The fourth-order valence-corrected chi connectivity index (χ4v) is 3.29. The lowest BCUT2D eigenvalue weighted by Gasteiger charge is -2.35. The number of nitro groups is 1. The molecule has 7 heteroatoms. The van der Waals surface area contributed by atoms with E-state index < -0.39 is 4.92 Å². The Kier molecular flexibility index (Phi) is 5.54. The summed E-state index contributed by atoms with van der Waals surface area (Å²) < 4.78 is 0. The monoisotopic (exact) mass is 373 g/mol. The van der Waals surface area contributed by atoms with Crippen LogP contribution in [0.4, 0.5) is 5.69 Å². The van der Waals surface area contributed by atoms with E-state index in [4.69, 9.17) is 11.6 Å². The van der Waals surface area contributed by atoms with Crippen LogP contribution in [0.3, 0.4) is 0 Å². The number of carbonyl (C=O) groups is 1. The van der Waals surface area contributed by atoms with Crippen LogP contribution in [0.5, 0.6) is 0 Å². The highest BCUT2D eigenvalue weighted by Gasteiger charge is 2.24. The van der Waals surface area contributed by atoms with Crippen molar-refractivity contribution in [3.05, 3.63) is 74.3 Å². The van der Waals surface area contributed by atoms with Crippen LogP contribution < -0.4 is 0 Å². The molecule has 1 heterocycles. The van der Waals surface area contributed by atoms with Crippen molar-refractivity contribution in [3.63, 3.8) is 0 Å². The number of carbonyl (C=O) groups excluding carboxylic acids is 1. The Hall–Kier alpha value is -2.44. The second-order valence-electron chi connectivity index (χ2n) is 6.42. The van der Waals surface area contributed by atoms with Crippen LogP contribution in [0.2, 0.25) is 5.02 Å². The summed E-state index contributed by atoms with van der Waals surface area (Å²) >= 11 is 6.21. The summed E-state index contributed by atoms with van der Waals surface area (Å²) in [6.45, 7) is 5.07. The van der Waals surface area contributed by atoms with Crippen LogP contribution in [0.1, 0.15) is 21.5 Å². The molecule has 2 aromatic carbocycles. The highest BCUT2D eigenvalue weighted by atomic mass is 35.5. The first kappa shape index (κ1) is 18.4. The van der Waals surface area contributed by atoms with Crippen molar-refractivity contribution in [3.8, 4) is 0 Å². The van der Waals surface area contributed by atoms with E-state index in [1.807, 2.05) is 24.3 Å². The van der Waals surface area contributed by atoms with Crippen molar-refractivity contribution >= 4 is 23.2 Å². The Morgan fingerprint density at radius 1 is 1.15 bits per heavy atom. The predicted octanol–water partition coefficient (Wildman–Crippen LogP) is 3.51. The molecule has 6 nitrogen and oxygen atoms in total. The molecule has 0 atom stereocenters. The van der Waals surface area contributed by atoms with E-state index in [0.29, 0.717) is 24.2 Å². The first-order chi connectivity index (χ1) is 12.5. The van der Waals surface area contributed by atoms with E-state index in [1.165, 1.54) is 6.07 Å². The van der Waals surface area contributed by atoms with Gasteiger partial charge in [0.25, 0.3) is 11.6 Å². The number of nitro benzene ring substituents is 1. The summed E-state index contributed by atoms with van der Waals surface area (Å²) in [7, 11) is 0. The molecule has 1 fully saturated rings. The fourth-order valence-electron chi connectivity index (χ4n) is 3.10. The minimum Gasteiger partial charge on any atom is -0.336 e. The minimum absolute atomic E-state index is 0.0202. The molecule has 136 valence electrons. The molecule has 1 saturated heterocycles. The maximum atomic E-state index is 12.7. The molecule has 0 N–H and O–H groups in total. The fraction of sp³-hybridized carbons (Fsp3) is 0.316. The standard InChI is InChI=1S/C19H20ClN3O3/c1-14-6-7-15(12-18(14)23(25)26)19(24)22-10-8-21(9-11-22)13-16-4-2-3-5-17(16)20/h2-7,12H,8-11,13H2,1H3. The smallest absolute Gasteiger partial charge is 0.273 e. The molecule has 0 radical (unpaired) electrons. The molecule has 1 aliphatic heterocycles. The lowest BCUT2D eigenvalue weighted by molar-refractivity contribution is -0.385. The van der Waals surface area contributed by atoms with Crippen LogP contribution in [0.25, 0.3) is 0 Å². The van der Waals surface area contributed by atoms with Crippen LogP contribution in [-0.2, 0) is 6.54 Å². The van der Waals surface area contributed by atoms with Crippen molar-refractivity contribution in [2.45, 2.75) is 13.5 Å². The molecular weight excluding hydrogens is 354 g/mol. The quantitative estimate of drug-likeness (QED) is 0.607. The zero-order valence-electron chi connectivity index (χ0n) is 14.5. The maximum absolute atomic E-state index is 12.7. The van der Waals surface area contributed by atoms with Crippen molar-refractivity contribution in [2.75, 3.05) is 26.2 Å². The van der Waals surface area contributed by atoms with Crippen molar-refractivity contribution in [1.82, 2.24) is 9.80 Å². The molecule has 0 unspecified atom stereocenters. The van der Waals surface area contributed by atoms with E-state index in [-0.39, 0.29) is 11.6 Å². The molecule has 1 aliphatic rings. The molecule has 3 rings (SSSR count).